The second-order valence-corrected chi connectivity index (χ2v) is 6.99. The highest BCUT2D eigenvalue weighted by atomic mass is 19.1. The predicted octanol–water partition coefficient (Wildman–Crippen LogP) is 2.81. The van der Waals surface area contributed by atoms with Crippen LogP contribution in [0.5, 0.6) is 0 Å². The Bertz CT molecular complexity index is 243. The largest absolute Gasteiger partial charge is 0.306 e. The maximum Gasteiger partial charge on any atom is 0.114 e. The molecule has 22 heavy (non-hydrogen) atoms. The Balaban J connectivity index is 0.000000166. The maximum absolute atomic E-state index is 12.3. The van der Waals surface area contributed by atoms with Gasteiger partial charge in [0.05, 0.1) is 0 Å². The van der Waals surface area contributed by atoms with E-state index in [2.05, 4.69) is 16.8 Å². The topological polar surface area (TPSA) is 9.72 Å². The van der Waals surface area contributed by atoms with Gasteiger partial charge < -0.3 is 14.7 Å². The molecule has 5 heteroatoms. The molecule has 0 aromatic carbocycles. The van der Waals surface area contributed by atoms with E-state index >= 15 is 0 Å². The molecule has 1 atom stereocenters. The lowest BCUT2D eigenvalue weighted by Crippen LogP contribution is -2.30. The second-order valence-electron chi connectivity index (χ2n) is 6.99. The average molecular weight is 319 g/mol. The smallest absolute Gasteiger partial charge is 0.114 e. The van der Waals surface area contributed by atoms with E-state index < -0.39 is 12.3 Å². The van der Waals surface area contributed by atoms with Crippen LogP contribution in [0.3, 0.4) is 0 Å². The highest BCUT2D eigenvalue weighted by Crippen LogP contribution is 2.10. The fourth-order valence-electron chi connectivity index (χ4n) is 2.91. The zero-order valence-electron chi connectivity index (χ0n) is 14.7. The van der Waals surface area contributed by atoms with E-state index in [9.17, 15) is 8.78 Å². The molecule has 0 amide bonds. The van der Waals surface area contributed by atoms with Gasteiger partial charge in [0.25, 0.3) is 0 Å². The molecule has 3 fully saturated rings. The number of nitrogens with zero attached hydrogens (tertiary/aromatic N) is 3. The van der Waals surface area contributed by atoms with Crippen molar-refractivity contribution in [1.82, 2.24) is 14.7 Å². The first-order chi connectivity index (χ1) is 10.5. The van der Waals surface area contributed by atoms with E-state index in [1.54, 1.807) is 0 Å². The van der Waals surface area contributed by atoms with E-state index in [-0.39, 0.29) is 0 Å². The first-order valence-electron chi connectivity index (χ1n) is 8.81. The predicted molar refractivity (Wildman–Crippen MR) is 90.0 cm³/mol. The summed E-state index contributed by atoms with van der Waals surface area (Å²) in [4.78, 5) is 6.56. The van der Waals surface area contributed by atoms with Gasteiger partial charge in [-0.15, -0.1) is 0 Å². The molecule has 0 spiro atoms. The summed E-state index contributed by atoms with van der Waals surface area (Å²) < 4.78 is 24.5. The third-order valence-electron chi connectivity index (χ3n) is 4.56. The maximum atomic E-state index is 12.3. The Morgan fingerprint density at radius 2 is 1.05 bits per heavy atom. The third-order valence-corrected chi connectivity index (χ3v) is 4.56. The zero-order chi connectivity index (χ0) is 16.4. The first-order valence-corrected chi connectivity index (χ1v) is 8.81. The molecule has 3 rings (SSSR count). The van der Waals surface area contributed by atoms with E-state index in [1.807, 2.05) is 19.0 Å². The molecule has 0 aromatic heterocycles. The Kier molecular flexibility index (Phi) is 10.2. The molecule has 3 saturated heterocycles. The molecule has 0 bridgehead atoms. The van der Waals surface area contributed by atoms with Crippen LogP contribution in [-0.4, -0.2) is 87.5 Å². The second kappa shape index (κ2) is 11.3. The fourth-order valence-corrected chi connectivity index (χ4v) is 2.91. The van der Waals surface area contributed by atoms with Crippen LogP contribution in [0, 0.1) is 0 Å². The Hall–Kier alpha value is -0.260. The van der Waals surface area contributed by atoms with Crippen LogP contribution in [0.15, 0.2) is 0 Å². The molecule has 3 heterocycles. The van der Waals surface area contributed by atoms with E-state index in [1.165, 1.54) is 32.4 Å². The van der Waals surface area contributed by atoms with Gasteiger partial charge in [0, 0.05) is 26.2 Å². The minimum atomic E-state index is -0.551. The number of hydrogen-bond acceptors (Lipinski definition) is 3. The molecule has 0 aliphatic carbocycles. The SMILES string of the molecule is CN1CCC(F)C1.CN1CCC(F)CC1.CN1CCCCC1. The summed E-state index contributed by atoms with van der Waals surface area (Å²) in [6, 6.07) is 0. The van der Waals surface area contributed by atoms with Crippen molar-refractivity contribution in [1.29, 1.82) is 0 Å². The van der Waals surface area contributed by atoms with Crippen LogP contribution in [0.4, 0.5) is 8.78 Å². The molecular weight excluding hydrogens is 284 g/mol. The summed E-state index contributed by atoms with van der Waals surface area (Å²) in [5, 5.41) is 0. The number of piperidine rings is 2. The van der Waals surface area contributed by atoms with Crippen molar-refractivity contribution in [3.63, 3.8) is 0 Å². The van der Waals surface area contributed by atoms with Crippen molar-refractivity contribution < 1.29 is 8.78 Å². The Morgan fingerprint density at radius 3 is 1.32 bits per heavy atom. The number of hydrogen-bond donors (Lipinski definition) is 0. The van der Waals surface area contributed by atoms with Crippen LogP contribution in [0.25, 0.3) is 0 Å². The van der Waals surface area contributed by atoms with Crippen molar-refractivity contribution in [3.8, 4) is 0 Å². The molecular formula is C17H35F2N3. The van der Waals surface area contributed by atoms with Gasteiger partial charge in [-0.25, -0.2) is 8.78 Å². The molecule has 3 aliphatic rings. The fraction of sp³-hybridized carbons (Fsp3) is 1.00. The summed E-state index contributed by atoms with van der Waals surface area (Å²) in [7, 11) is 6.17. The van der Waals surface area contributed by atoms with Crippen molar-refractivity contribution in [2.75, 3.05) is 60.4 Å². The van der Waals surface area contributed by atoms with Crippen molar-refractivity contribution in [2.24, 2.45) is 0 Å². The van der Waals surface area contributed by atoms with E-state index in [0.717, 1.165) is 38.9 Å². The standard InChI is InChI=1S/C6H12FN.C6H13N.C5H10FN/c1-8-4-2-6(7)3-5-8;1-7-5-3-2-4-6-7;1-7-3-2-5(6)4-7/h6H,2-5H2,1H3;2-6H2,1H3;5H,2-4H2,1H3. The molecule has 0 N–H and O–H groups in total. The van der Waals surface area contributed by atoms with Crippen LogP contribution in [-0.2, 0) is 0 Å². The number of alkyl halides is 2. The highest BCUT2D eigenvalue weighted by molar-refractivity contribution is 4.70. The number of halogens is 2. The average Bonchev–Trinajstić information content (AvgIpc) is 2.88. The Labute approximate surface area is 135 Å². The lowest BCUT2D eigenvalue weighted by Gasteiger charge is -2.23. The van der Waals surface area contributed by atoms with Gasteiger partial charge in [-0.05, 0) is 66.3 Å². The Morgan fingerprint density at radius 1 is 0.591 bits per heavy atom. The summed E-state index contributed by atoms with van der Waals surface area (Å²) in [5.74, 6) is 0. The van der Waals surface area contributed by atoms with Gasteiger partial charge in [0.15, 0.2) is 0 Å². The molecule has 3 aliphatic heterocycles. The molecule has 0 aromatic rings. The monoisotopic (exact) mass is 319 g/mol. The summed E-state index contributed by atoms with van der Waals surface area (Å²) in [6.07, 6.45) is 5.40. The van der Waals surface area contributed by atoms with Gasteiger partial charge in [0.1, 0.15) is 12.3 Å². The molecule has 1 unspecified atom stereocenters. The molecule has 132 valence electrons. The summed E-state index contributed by atoms with van der Waals surface area (Å²) in [5.41, 5.74) is 0. The lowest BCUT2D eigenvalue weighted by atomic mass is 10.1. The number of rotatable bonds is 0. The van der Waals surface area contributed by atoms with Gasteiger partial charge in [-0.2, -0.15) is 0 Å². The molecule has 3 nitrogen and oxygen atoms in total. The highest BCUT2D eigenvalue weighted by Gasteiger charge is 2.17. The summed E-state index contributed by atoms with van der Waals surface area (Å²) >= 11 is 0. The zero-order valence-corrected chi connectivity index (χ0v) is 14.7. The van der Waals surface area contributed by atoms with Crippen LogP contribution in [0.1, 0.15) is 38.5 Å². The molecule has 0 saturated carbocycles. The van der Waals surface area contributed by atoms with Gasteiger partial charge >= 0.3 is 0 Å². The van der Waals surface area contributed by atoms with Crippen molar-refractivity contribution >= 4 is 0 Å². The third kappa shape index (κ3) is 9.70. The minimum absolute atomic E-state index is 0.522. The minimum Gasteiger partial charge on any atom is -0.306 e. The van der Waals surface area contributed by atoms with Crippen LogP contribution < -0.4 is 0 Å². The summed E-state index contributed by atoms with van der Waals surface area (Å²) in [6.45, 7) is 6.07. The van der Waals surface area contributed by atoms with Gasteiger partial charge in [-0.1, -0.05) is 6.42 Å². The van der Waals surface area contributed by atoms with Crippen LogP contribution in [0.2, 0.25) is 0 Å². The van der Waals surface area contributed by atoms with E-state index in [4.69, 9.17) is 0 Å². The van der Waals surface area contributed by atoms with Gasteiger partial charge in [0.2, 0.25) is 0 Å². The van der Waals surface area contributed by atoms with Crippen molar-refractivity contribution in [2.45, 2.75) is 50.9 Å². The quantitative estimate of drug-likeness (QED) is 0.680. The lowest BCUT2D eigenvalue weighted by molar-refractivity contribution is 0.174. The normalized spacial score (nSPS) is 28.5. The first kappa shape index (κ1) is 19.8. The van der Waals surface area contributed by atoms with E-state index in [0.29, 0.717) is 6.54 Å². The molecule has 0 radical (unpaired) electrons. The van der Waals surface area contributed by atoms with Crippen LogP contribution >= 0.6 is 0 Å². The van der Waals surface area contributed by atoms with Gasteiger partial charge in [-0.3, -0.25) is 0 Å². The number of likely N-dealkylation sites (tertiary alicyclic amines) is 3. The van der Waals surface area contributed by atoms with Crippen molar-refractivity contribution in [3.05, 3.63) is 0 Å².